The summed E-state index contributed by atoms with van der Waals surface area (Å²) in [6.07, 6.45) is 4.12. The molecule has 10 nitrogen and oxygen atoms in total. The molecule has 0 radical (unpaired) electrons. The lowest BCUT2D eigenvalue weighted by atomic mass is 9.80. The lowest BCUT2D eigenvalue weighted by Gasteiger charge is -2.38. The number of ketones is 1. The molecule has 3 rings (SSSR count). The van der Waals surface area contributed by atoms with E-state index in [9.17, 15) is 24.0 Å². The van der Waals surface area contributed by atoms with Crippen molar-refractivity contribution in [1.82, 2.24) is 20.9 Å². The quantitative estimate of drug-likeness (QED) is 0.278. The minimum Gasteiger partial charge on any atom is -0.444 e. The molecule has 1 saturated heterocycles. The Morgan fingerprint density at radius 2 is 1.68 bits per heavy atom. The molecule has 0 aromatic heterocycles. The second kappa shape index (κ2) is 11.5. The Labute approximate surface area is 238 Å². The zero-order valence-corrected chi connectivity index (χ0v) is 25.4. The van der Waals surface area contributed by atoms with Crippen LogP contribution in [0, 0.1) is 28.6 Å². The fraction of sp³-hybridized carbons (Fsp3) is 0.767. The van der Waals surface area contributed by atoms with Gasteiger partial charge in [-0.15, -0.1) is 6.58 Å². The number of carbonyl (C=O) groups is 5. The third kappa shape index (κ3) is 7.04. The molecule has 40 heavy (non-hydrogen) atoms. The first kappa shape index (κ1) is 31.6. The van der Waals surface area contributed by atoms with E-state index in [4.69, 9.17) is 4.74 Å². The van der Waals surface area contributed by atoms with E-state index < -0.39 is 52.8 Å². The Bertz CT molecular complexity index is 1040. The number of amides is 4. The van der Waals surface area contributed by atoms with E-state index in [0.29, 0.717) is 13.0 Å². The molecule has 1 heterocycles. The van der Waals surface area contributed by atoms with Crippen LogP contribution in [0.1, 0.15) is 81.1 Å². The maximum Gasteiger partial charge on any atom is 0.408 e. The molecule has 1 aliphatic heterocycles. The molecular weight excluding hydrogens is 512 g/mol. The van der Waals surface area contributed by atoms with Crippen molar-refractivity contribution in [3.63, 3.8) is 0 Å². The van der Waals surface area contributed by atoms with Gasteiger partial charge in [-0.05, 0) is 55.8 Å². The number of piperidine rings is 1. The lowest BCUT2D eigenvalue weighted by molar-refractivity contribution is -0.145. The Balaban J connectivity index is 1.84. The van der Waals surface area contributed by atoms with Gasteiger partial charge >= 0.3 is 6.09 Å². The molecular formula is C30H48N4O6. The number of alkyl carbamates (subject to hydrolysis) is 1. The smallest absolute Gasteiger partial charge is 0.408 e. The van der Waals surface area contributed by atoms with Crippen LogP contribution in [0.3, 0.4) is 0 Å². The Morgan fingerprint density at radius 3 is 2.17 bits per heavy atom. The van der Waals surface area contributed by atoms with Gasteiger partial charge in [0.1, 0.15) is 17.7 Å². The van der Waals surface area contributed by atoms with Crippen LogP contribution in [0.25, 0.3) is 0 Å². The van der Waals surface area contributed by atoms with Crippen LogP contribution in [-0.2, 0) is 23.9 Å². The van der Waals surface area contributed by atoms with Gasteiger partial charge in [0.25, 0.3) is 5.91 Å². The summed E-state index contributed by atoms with van der Waals surface area (Å²) in [6, 6.07) is -2.72. The van der Waals surface area contributed by atoms with E-state index in [1.54, 1.807) is 25.7 Å². The third-order valence-electron chi connectivity index (χ3n) is 8.59. The average molecular weight is 561 g/mol. The number of rotatable bonds is 10. The summed E-state index contributed by atoms with van der Waals surface area (Å²) in [5.74, 6) is -1.97. The number of carbonyl (C=O) groups excluding carboxylic acids is 5. The van der Waals surface area contributed by atoms with Crippen molar-refractivity contribution in [2.75, 3.05) is 13.1 Å². The summed E-state index contributed by atoms with van der Waals surface area (Å²) in [4.78, 5) is 67.7. The Morgan fingerprint density at radius 1 is 1.05 bits per heavy atom. The van der Waals surface area contributed by atoms with Crippen molar-refractivity contribution in [3.8, 4) is 0 Å². The van der Waals surface area contributed by atoms with E-state index in [0.717, 1.165) is 19.3 Å². The van der Waals surface area contributed by atoms with E-state index in [2.05, 4.69) is 36.4 Å². The molecule has 0 aromatic carbocycles. The fourth-order valence-electron chi connectivity index (χ4n) is 6.01. The van der Waals surface area contributed by atoms with Gasteiger partial charge in [0, 0.05) is 13.1 Å². The van der Waals surface area contributed by atoms with Gasteiger partial charge in [-0.1, -0.05) is 60.0 Å². The second-order valence-corrected chi connectivity index (χ2v) is 14.3. The molecule has 3 aliphatic rings. The molecule has 224 valence electrons. The summed E-state index contributed by atoms with van der Waals surface area (Å²) >= 11 is 0. The maximum absolute atomic E-state index is 14.0. The molecule has 4 amide bonds. The van der Waals surface area contributed by atoms with Crippen LogP contribution in [0.4, 0.5) is 4.79 Å². The standard InChI is InChI=1S/C30H48N4O6/c1-10-14-31-25(37)22(35)19(15-17-12-11-13-17)32-24(36)21-20-18(30(20,8)9)16-34(21)26(38)23(28(2,3)4)33-27(39)40-29(5,6)7/h10,17-21,23H,1,11-16H2,2-9H3,(H,31,37)(H,32,36)(H,33,39). The molecule has 0 spiro atoms. The summed E-state index contributed by atoms with van der Waals surface area (Å²) in [6.45, 7) is 19.0. The lowest BCUT2D eigenvalue weighted by Crippen LogP contribution is -2.61. The van der Waals surface area contributed by atoms with Gasteiger partial charge in [0.2, 0.25) is 17.6 Å². The topological polar surface area (TPSA) is 134 Å². The van der Waals surface area contributed by atoms with Crippen molar-refractivity contribution in [1.29, 1.82) is 0 Å². The van der Waals surface area contributed by atoms with Gasteiger partial charge in [0.05, 0.1) is 6.04 Å². The number of fused-ring (bicyclic) bond motifs is 1. The van der Waals surface area contributed by atoms with Gasteiger partial charge in [-0.25, -0.2) is 4.79 Å². The van der Waals surface area contributed by atoms with Crippen molar-refractivity contribution in [3.05, 3.63) is 12.7 Å². The average Bonchev–Trinajstić information content (AvgIpc) is 3.13. The van der Waals surface area contributed by atoms with Gasteiger partial charge in [-0.2, -0.15) is 0 Å². The minimum atomic E-state index is -0.973. The number of hydrogen-bond acceptors (Lipinski definition) is 6. The molecule has 2 aliphatic carbocycles. The number of Topliss-reactive ketones (excluding diaryl/α,β-unsaturated/α-hetero) is 1. The van der Waals surface area contributed by atoms with Crippen LogP contribution in [0.2, 0.25) is 0 Å². The van der Waals surface area contributed by atoms with Crippen LogP contribution in [0.15, 0.2) is 12.7 Å². The Kier molecular flexibility index (Phi) is 9.11. The highest BCUT2D eigenvalue weighted by Crippen LogP contribution is 2.65. The van der Waals surface area contributed by atoms with Crippen molar-refractivity contribution >= 4 is 29.6 Å². The predicted molar refractivity (Wildman–Crippen MR) is 151 cm³/mol. The normalized spacial score (nSPS) is 25.0. The largest absolute Gasteiger partial charge is 0.444 e. The number of ether oxygens (including phenoxy) is 1. The fourth-order valence-corrected chi connectivity index (χ4v) is 6.01. The molecule has 2 saturated carbocycles. The minimum absolute atomic E-state index is 0.0901. The monoisotopic (exact) mass is 560 g/mol. The summed E-state index contributed by atoms with van der Waals surface area (Å²) in [5, 5.41) is 8.11. The maximum atomic E-state index is 14.0. The molecule has 10 heteroatoms. The second-order valence-electron chi connectivity index (χ2n) is 14.3. The highest BCUT2D eigenvalue weighted by molar-refractivity contribution is 6.38. The van der Waals surface area contributed by atoms with Crippen LogP contribution >= 0.6 is 0 Å². The molecule has 3 fully saturated rings. The molecule has 3 N–H and O–H groups in total. The first-order valence-corrected chi connectivity index (χ1v) is 14.4. The van der Waals surface area contributed by atoms with Crippen LogP contribution in [0.5, 0.6) is 0 Å². The Hall–Kier alpha value is -2.91. The summed E-state index contributed by atoms with van der Waals surface area (Å²) < 4.78 is 5.41. The zero-order chi connectivity index (χ0) is 30.2. The van der Waals surface area contributed by atoms with Crippen LogP contribution < -0.4 is 16.0 Å². The zero-order valence-electron chi connectivity index (χ0n) is 25.4. The van der Waals surface area contributed by atoms with E-state index in [1.165, 1.54) is 6.08 Å². The van der Waals surface area contributed by atoms with Gasteiger partial charge in [-0.3, -0.25) is 19.2 Å². The third-order valence-corrected chi connectivity index (χ3v) is 8.59. The first-order valence-electron chi connectivity index (χ1n) is 14.4. The first-order chi connectivity index (χ1) is 18.4. The highest BCUT2D eigenvalue weighted by atomic mass is 16.6. The van der Waals surface area contributed by atoms with E-state index in [-0.39, 0.29) is 35.6 Å². The number of likely N-dealkylation sites (tertiary alicyclic amines) is 1. The molecule has 0 aromatic rings. The number of nitrogens with zero attached hydrogens (tertiary/aromatic N) is 1. The van der Waals surface area contributed by atoms with E-state index in [1.807, 2.05) is 20.8 Å². The van der Waals surface area contributed by atoms with Crippen LogP contribution in [-0.4, -0.2) is 71.3 Å². The summed E-state index contributed by atoms with van der Waals surface area (Å²) in [7, 11) is 0. The van der Waals surface area contributed by atoms with Crippen molar-refractivity contribution in [2.24, 2.45) is 28.6 Å². The van der Waals surface area contributed by atoms with Gasteiger partial charge in [0.15, 0.2) is 0 Å². The predicted octanol–water partition coefficient (Wildman–Crippen LogP) is 2.96. The van der Waals surface area contributed by atoms with Crippen molar-refractivity contribution < 1.29 is 28.7 Å². The van der Waals surface area contributed by atoms with Crippen molar-refractivity contribution in [2.45, 2.75) is 105 Å². The SMILES string of the molecule is C=CCNC(=O)C(=O)C(CC1CCC1)NC(=O)C1C2C(CN1C(=O)C(NC(=O)OC(C)(C)C)C(C)(C)C)C2(C)C. The highest BCUT2D eigenvalue weighted by Gasteiger charge is 2.70. The molecule has 5 atom stereocenters. The molecule has 0 bridgehead atoms. The number of hydrogen-bond donors (Lipinski definition) is 3. The van der Waals surface area contributed by atoms with E-state index >= 15 is 0 Å². The number of nitrogens with one attached hydrogen (secondary N) is 3. The summed E-state index contributed by atoms with van der Waals surface area (Å²) in [5.41, 5.74) is -1.55. The van der Waals surface area contributed by atoms with Gasteiger partial charge < -0.3 is 25.6 Å². The molecule has 5 unspecified atom stereocenters.